The lowest BCUT2D eigenvalue weighted by Crippen LogP contribution is -2.49. The zero-order valence-electron chi connectivity index (χ0n) is 12.6. The van der Waals surface area contributed by atoms with Crippen molar-refractivity contribution in [3.05, 3.63) is 0 Å². The van der Waals surface area contributed by atoms with E-state index in [1.807, 2.05) is 0 Å². The monoisotopic (exact) mass is 252 g/mol. The van der Waals surface area contributed by atoms with Crippen molar-refractivity contribution in [2.75, 3.05) is 26.2 Å². The molecule has 2 aliphatic rings. The van der Waals surface area contributed by atoms with Crippen LogP contribution in [0.25, 0.3) is 0 Å². The van der Waals surface area contributed by atoms with E-state index in [9.17, 15) is 0 Å². The number of rotatable bonds is 5. The standard InChI is InChI=1S/C16H32N2/c1-4-17-16(15-7-5-6-8-15)12-18-10-13(2)9-14(3)11-18/h13-17H,4-12H2,1-3H3. The Labute approximate surface area is 114 Å². The van der Waals surface area contributed by atoms with Gasteiger partial charge in [0.05, 0.1) is 0 Å². The van der Waals surface area contributed by atoms with Crippen LogP contribution in [0.15, 0.2) is 0 Å². The highest BCUT2D eigenvalue weighted by atomic mass is 15.2. The van der Waals surface area contributed by atoms with Gasteiger partial charge in [-0.1, -0.05) is 33.6 Å². The van der Waals surface area contributed by atoms with Gasteiger partial charge in [0, 0.05) is 25.7 Å². The van der Waals surface area contributed by atoms with Crippen LogP contribution in [-0.4, -0.2) is 37.1 Å². The van der Waals surface area contributed by atoms with Gasteiger partial charge in [0.15, 0.2) is 0 Å². The molecule has 106 valence electrons. The molecule has 2 fully saturated rings. The number of likely N-dealkylation sites (N-methyl/N-ethyl adjacent to an activating group) is 1. The Kier molecular flexibility index (Phi) is 5.50. The van der Waals surface area contributed by atoms with Crippen molar-refractivity contribution in [3.63, 3.8) is 0 Å². The molecular weight excluding hydrogens is 220 g/mol. The summed E-state index contributed by atoms with van der Waals surface area (Å²) in [7, 11) is 0. The zero-order chi connectivity index (χ0) is 13.0. The van der Waals surface area contributed by atoms with Crippen molar-refractivity contribution < 1.29 is 0 Å². The third-order valence-corrected chi connectivity index (χ3v) is 4.83. The fourth-order valence-electron chi connectivity index (χ4n) is 4.22. The van der Waals surface area contributed by atoms with Gasteiger partial charge in [0.1, 0.15) is 0 Å². The first kappa shape index (κ1) is 14.3. The van der Waals surface area contributed by atoms with Crippen LogP contribution in [0.5, 0.6) is 0 Å². The maximum Gasteiger partial charge on any atom is 0.0223 e. The highest BCUT2D eigenvalue weighted by Gasteiger charge is 2.28. The average molecular weight is 252 g/mol. The Balaban J connectivity index is 1.86. The maximum absolute atomic E-state index is 3.76. The molecule has 1 aliphatic carbocycles. The quantitative estimate of drug-likeness (QED) is 0.809. The molecule has 2 rings (SSSR count). The Morgan fingerprint density at radius 3 is 2.28 bits per heavy atom. The van der Waals surface area contributed by atoms with E-state index in [2.05, 4.69) is 31.0 Å². The molecule has 0 aromatic carbocycles. The van der Waals surface area contributed by atoms with Gasteiger partial charge in [-0.05, 0) is 43.6 Å². The lowest BCUT2D eigenvalue weighted by molar-refractivity contribution is 0.117. The van der Waals surface area contributed by atoms with Crippen molar-refractivity contribution in [1.29, 1.82) is 0 Å². The summed E-state index contributed by atoms with van der Waals surface area (Å²) >= 11 is 0. The van der Waals surface area contributed by atoms with Crippen molar-refractivity contribution in [3.8, 4) is 0 Å². The number of hydrogen-bond acceptors (Lipinski definition) is 2. The molecular formula is C16H32N2. The van der Waals surface area contributed by atoms with Crippen LogP contribution in [0.4, 0.5) is 0 Å². The van der Waals surface area contributed by atoms with Crippen LogP contribution in [0, 0.1) is 17.8 Å². The molecule has 2 nitrogen and oxygen atoms in total. The van der Waals surface area contributed by atoms with Crippen LogP contribution in [0.2, 0.25) is 0 Å². The Bertz CT molecular complexity index is 225. The summed E-state index contributed by atoms with van der Waals surface area (Å²) in [5, 5.41) is 3.76. The molecule has 1 N–H and O–H groups in total. The van der Waals surface area contributed by atoms with E-state index < -0.39 is 0 Å². The highest BCUT2D eigenvalue weighted by molar-refractivity contribution is 4.85. The minimum atomic E-state index is 0.745. The normalized spacial score (nSPS) is 32.8. The molecule has 18 heavy (non-hydrogen) atoms. The molecule has 1 saturated carbocycles. The molecule has 0 aromatic rings. The van der Waals surface area contributed by atoms with E-state index in [-0.39, 0.29) is 0 Å². The number of piperidine rings is 1. The lowest BCUT2D eigenvalue weighted by atomic mass is 9.90. The Morgan fingerprint density at radius 2 is 1.72 bits per heavy atom. The molecule has 0 bridgehead atoms. The minimum Gasteiger partial charge on any atom is -0.313 e. The Hall–Kier alpha value is -0.0800. The first-order valence-corrected chi connectivity index (χ1v) is 8.14. The van der Waals surface area contributed by atoms with E-state index in [4.69, 9.17) is 0 Å². The largest absolute Gasteiger partial charge is 0.313 e. The second kappa shape index (κ2) is 6.91. The highest BCUT2D eigenvalue weighted by Crippen LogP contribution is 2.29. The topological polar surface area (TPSA) is 15.3 Å². The van der Waals surface area contributed by atoms with E-state index in [0.717, 1.165) is 30.3 Å². The molecule has 0 radical (unpaired) electrons. The van der Waals surface area contributed by atoms with Gasteiger partial charge in [0.25, 0.3) is 0 Å². The molecule has 1 saturated heterocycles. The third-order valence-electron chi connectivity index (χ3n) is 4.83. The second-order valence-electron chi connectivity index (χ2n) is 6.87. The summed E-state index contributed by atoms with van der Waals surface area (Å²) in [5.41, 5.74) is 0. The van der Waals surface area contributed by atoms with Crippen LogP contribution >= 0.6 is 0 Å². The van der Waals surface area contributed by atoms with Crippen molar-refractivity contribution in [1.82, 2.24) is 10.2 Å². The molecule has 3 unspecified atom stereocenters. The molecule has 0 aromatic heterocycles. The summed E-state index contributed by atoms with van der Waals surface area (Å²) in [5.74, 6) is 2.72. The van der Waals surface area contributed by atoms with Gasteiger partial charge in [-0.25, -0.2) is 0 Å². The number of hydrogen-bond donors (Lipinski definition) is 1. The van der Waals surface area contributed by atoms with Crippen LogP contribution in [0.1, 0.15) is 52.9 Å². The van der Waals surface area contributed by atoms with Gasteiger partial charge in [-0.15, -0.1) is 0 Å². The smallest absolute Gasteiger partial charge is 0.0223 e. The molecule has 2 heteroatoms. The fraction of sp³-hybridized carbons (Fsp3) is 1.00. The summed E-state index contributed by atoms with van der Waals surface area (Å²) in [4.78, 5) is 2.73. The number of likely N-dealkylation sites (tertiary alicyclic amines) is 1. The second-order valence-corrected chi connectivity index (χ2v) is 6.87. The first-order chi connectivity index (χ1) is 8.69. The molecule has 1 heterocycles. The van der Waals surface area contributed by atoms with Gasteiger partial charge in [-0.2, -0.15) is 0 Å². The van der Waals surface area contributed by atoms with Gasteiger partial charge in [0.2, 0.25) is 0 Å². The number of nitrogens with zero attached hydrogens (tertiary/aromatic N) is 1. The summed E-state index contributed by atoms with van der Waals surface area (Å²) in [6.45, 7) is 12.1. The predicted molar refractivity (Wildman–Crippen MR) is 78.8 cm³/mol. The molecule has 1 aliphatic heterocycles. The average Bonchev–Trinajstić information content (AvgIpc) is 2.80. The van der Waals surface area contributed by atoms with Gasteiger partial charge < -0.3 is 10.2 Å². The lowest BCUT2D eigenvalue weighted by Gasteiger charge is -2.38. The van der Waals surface area contributed by atoms with E-state index >= 15 is 0 Å². The van der Waals surface area contributed by atoms with E-state index in [1.165, 1.54) is 51.7 Å². The predicted octanol–water partition coefficient (Wildman–Crippen LogP) is 3.13. The van der Waals surface area contributed by atoms with Crippen LogP contribution in [0.3, 0.4) is 0 Å². The van der Waals surface area contributed by atoms with Crippen LogP contribution in [-0.2, 0) is 0 Å². The summed E-state index contributed by atoms with van der Waals surface area (Å²) < 4.78 is 0. The molecule has 0 amide bonds. The third kappa shape index (κ3) is 3.96. The minimum absolute atomic E-state index is 0.745. The summed E-state index contributed by atoms with van der Waals surface area (Å²) in [6.07, 6.45) is 7.25. The van der Waals surface area contributed by atoms with Gasteiger partial charge >= 0.3 is 0 Å². The molecule has 3 atom stereocenters. The van der Waals surface area contributed by atoms with Gasteiger partial charge in [-0.3, -0.25) is 0 Å². The van der Waals surface area contributed by atoms with Crippen molar-refractivity contribution in [2.45, 2.75) is 58.9 Å². The Morgan fingerprint density at radius 1 is 1.11 bits per heavy atom. The fourth-order valence-corrected chi connectivity index (χ4v) is 4.22. The van der Waals surface area contributed by atoms with Crippen molar-refractivity contribution in [2.24, 2.45) is 17.8 Å². The molecule has 0 spiro atoms. The van der Waals surface area contributed by atoms with Crippen molar-refractivity contribution >= 4 is 0 Å². The number of nitrogens with one attached hydrogen (secondary N) is 1. The summed E-state index contributed by atoms with van der Waals surface area (Å²) in [6, 6.07) is 0.745. The first-order valence-electron chi connectivity index (χ1n) is 8.14. The van der Waals surface area contributed by atoms with E-state index in [1.54, 1.807) is 0 Å². The maximum atomic E-state index is 3.76. The van der Waals surface area contributed by atoms with E-state index in [0.29, 0.717) is 0 Å². The zero-order valence-corrected chi connectivity index (χ0v) is 12.6. The SMILES string of the molecule is CCNC(CN1CC(C)CC(C)C1)C1CCCC1. The van der Waals surface area contributed by atoms with Crippen LogP contribution < -0.4 is 5.32 Å².